The summed E-state index contributed by atoms with van der Waals surface area (Å²) in [5, 5.41) is 3.59. The maximum absolute atomic E-state index is 5.58. The first-order valence-corrected chi connectivity index (χ1v) is 7.00. The predicted octanol–water partition coefficient (Wildman–Crippen LogP) is 2.19. The van der Waals surface area contributed by atoms with Crippen molar-refractivity contribution in [2.45, 2.75) is 52.7 Å². The van der Waals surface area contributed by atoms with Crippen LogP contribution in [0.3, 0.4) is 0 Å². The smallest absolute Gasteiger partial charge is 0.208 e. The molecule has 102 valence electrons. The lowest BCUT2D eigenvalue weighted by Crippen LogP contribution is -2.52. The van der Waals surface area contributed by atoms with Gasteiger partial charge < -0.3 is 9.73 Å². The zero-order valence-corrected chi connectivity index (χ0v) is 11.9. The van der Waals surface area contributed by atoms with Crippen LogP contribution in [0.4, 0.5) is 0 Å². The highest BCUT2D eigenvalue weighted by Crippen LogP contribution is 2.25. The molecule has 0 aliphatic carbocycles. The van der Waals surface area contributed by atoms with Crippen LogP contribution in [0.2, 0.25) is 0 Å². The van der Waals surface area contributed by atoms with E-state index in [1.807, 2.05) is 6.92 Å². The van der Waals surface area contributed by atoms with Crippen LogP contribution in [0.1, 0.15) is 38.8 Å². The van der Waals surface area contributed by atoms with Crippen LogP contribution in [0.25, 0.3) is 0 Å². The van der Waals surface area contributed by atoms with E-state index in [1.54, 1.807) is 6.20 Å². The van der Waals surface area contributed by atoms with E-state index in [0.29, 0.717) is 18.0 Å². The molecular weight excluding hydrogens is 226 g/mol. The zero-order valence-electron chi connectivity index (χ0n) is 11.9. The Morgan fingerprint density at radius 3 is 2.89 bits per heavy atom. The third kappa shape index (κ3) is 2.93. The molecule has 18 heavy (non-hydrogen) atoms. The van der Waals surface area contributed by atoms with Gasteiger partial charge in [-0.2, -0.15) is 0 Å². The van der Waals surface area contributed by atoms with Gasteiger partial charge in [0, 0.05) is 18.6 Å². The Morgan fingerprint density at radius 1 is 1.50 bits per heavy atom. The van der Waals surface area contributed by atoms with E-state index < -0.39 is 0 Å². The van der Waals surface area contributed by atoms with E-state index in [-0.39, 0.29) is 0 Å². The first-order valence-electron chi connectivity index (χ1n) is 7.00. The van der Waals surface area contributed by atoms with Crippen molar-refractivity contribution in [3.63, 3.8) is 0 Å². The minimum absolute atomic E-state index is 0.565. The number of aromatic nitrogens is 1. The molecular formula is C14H25N3O. The maximum atomic E-state index is 5.58. The lowest BCUT2D eigenvalue weighted by molar-refractivity contribution is 0.0712. The monoisotopic (exact) mass is 251 g/mol. The van der Waals surface area contributed by atoms with Crippen LogP contribution >= 0.6 is 0 Å². The summed E-state index contributed by atoms with van der Waals surface area (Å²) in [6, 6.07) is 1.21. The number of hydrogen-bond donors (Lipinski definition) is 1. The molecule has 4 heteroatoms. The number of likely N-dealkylation sites (tertiary alicyclic amines) is 1. The quantitative estimate of drug-likeness (QED) is 0.890. The van der Waals surface area contributed by atoms with Crippen LogP contribution in [0.15, 0.2) is 10.6 Å². The molecule has 3 atom stereocenters. The Labute approximate surface area is 110 Å². The Bertz CT molecular complexity index is 377. The van der Waals surface area contributed by atoms with Crippen molar-refractivity contribution in [2.24, 2.45) is 5.92 Å². The number of piperidine rings is 1. The van der Waals surface area contributed by atoms with E-state index in [4.69, 9.17) is 4.42 Å². The summed E-state index contributed by atoms with van der Waals surface area (Å²) in [5.74, 6) is 2.40. The molecule has 1 fully saturated rings. The van der Waals surface area contributed by atoms with Crippen LogP contribution in [0, 0.1) is 12.8 Å². The van der Waals surface area contributed by atoms with Crippen molar-refractivity contribution in [3.8, 4) is 0 Å². The fourth-order valence-electron chi connectivity index (χ4n) is 2.86. The van der Waals surface area contributed by atoms with Gasteiger partial charge >= 0.3 is 0 Å². The highest BCUT2D eigenvalue weighted by atomic mass is 16.4. The lowest BCUT2D eigenvalue weighted by atomic mass is 9.87. The second-order valence-corrected chi connectivity index (χ2v) is 5.39. The molecule has 0 amide bonds. The SMILES string of the molecule is CCNC1CCN(Cc2ncc(C)o2)C(C)C1C. The Balaban J connectivity index is 1.95. The normalized spacial score (nSPS) is 29.7. The molecule has 4 nitrogen and oxygen atoms in total. The van der Waals surface area contributed by atoms with Crippen LogP contribution < -0.4 is 5.32 Å². The summed E-state index contributed by atoms with van der Waals surface area (Å²) in [6.45, 7) is 11.8. The summed E-state index contributed by atoms with van der Waals surface area (Å²) in [6.07, 6.45) is 3.01. The Hall–Kier alpha value is -0.870. The highest BCUT2D eigenvalue weighted by molar-refractivity contribution is 4.94. The number of oxazole rings is 1. The van der Waals surface area contributed by atoms with E-state index in [9.17, 15) is 0 Å². The molecule has 0 aromatic carbocycles. The molecule has 1 aromatic rings. The molecule has 0 saturated carbocycles. The fraction of sp³-hybridized carbons (Fsp3) is 0.786. The van der Waals surface area contributed by atoms with E-state index in [0.717, 1.165) is 31.3 Å². The Morgan fingerprint density at radius 2 is 2.28 bits per heavy atom. The number of nitrogens with one attached hydrogen (secondary N) is 1. The topological polar surface area (TPSA) is 41.3 Å². The van der Waals surface area contributed by atoms with Crippen molar-refractivity contribution in [1.29, 1.82) is 0 Å². The third-order valence-electron chi connectivity index (χ3n) is 4.17. The van der Waals surface area contributed by atoms with Crippen molar-refractivity contribution in [2.75, 3.05) is 13.1 Å². The maximum Gasteiger partial charge on any atom is 0.208 e. The minimum atomic E-state index is 0.565. The van der Waals surface area contributed by atoms with Crippen LogP contribution in [-0.4, -0.2) is 35.1 Å². The van der Waals surface area contributed by atoms with E-state index in [2.05, 4.69) is 36.0 Å². The van der Waals surface area contributed by atoms with Gasteiger partial charge in [0.2, 0.25) is 5.89 Å². The fourth-order valence-corrected chi connectivity index (χ4v) is 2.86. The van der Waals surface area contributed by atoms with Crippen LogP contribution in [-0.2, 0) is 6.54 Å². The minimum Gasteiger partial charge on any atom is -0.445 e. The van der Waals surface area contributed by atoms with Crippen molar-refractivity contribution >= 4 is 0 Å². The molecule has 1 aromatic heterocycles. The number of hydrogen-bond acceptors (Lipinski definition) is 4. The first kappa shape index (κ1) is 13.6. The highest BCUT2D eigenvalue weighted by Gasteiger charge is 2.32. The van der Waals surface area contributed by atoms with Crippen molar-refractivity contribution in [3.05, 3.63) is 17.8 Å². The molecule has 1 N–H and O–H groups in total. The molecule has 0 radical (unpaired) electrons. The number of nitrogens with zero attached hydrogens (tertiary/aromatic N) is 2. The summed E-state index contributed by atoms with van der Waals surface area (Å²) in [7, 11) is 0. The molecule has 2 heterocycles. The molecule has 1 saturated heterocycles. The van der Waals surface area contributed by atoms with Crippen molar-refractivity contribution in [1.82, 2.24) is 15.2 Å². The summed E-state index contributed by atoms with van der Waals surface area (Å²) >= 11 is 0. The van der Waals surface area contributed by atoms with Gasteiger partial charge in [-0.25, -0.2) is 4.98 Å². The predicted molar refractivity (Wildman–Crippen MR) is 72.4 cm³/mol. The van der Waals surface area contributed by atoms with Gasteiger partial charge in [-0.1, -0.05) is 13.8 Å². The summed E-state index contributed by atoms with van der Waals surface area (Å²) in [4.78, 5) is 6.78. The van der Waals surface area contributed by atoms with Gasteiger partial charge in [-0.05, 0) is 32.7 Å². The van der Waals surface area contributed by atoms with Gasteiger partial charge in [0.25, 0.3) is 0 Å². The van der Waals surface area contributed by atoms with Gasteiger partial charge in [-0.3, -0.25) is 4.90 Å². The second-order valence-electron chi connectivity index (χ2n) is 5.39. The number of aryl methyl sites for hydroxylation is 1. The zero-order chi connectivity index (χ0) is 13.1. The molecule has 3 unspecified atom stereocenters. The van der Waals surface area contributed by atoms with Gasteiger partial charge in [-0.15, -0.1) is 0 Å². The molecule has 1 aliphatic heterocycles. The van der Waals surface area contributed by atoms with Gasteiger partial charge in [0.15, 0.2) is 0 Å². The average Bonchev–Trinajstić information content (AvgIpc) is 2.75. The average molecular weight is 251 g/mol. The summed E-state index contributed by atoms with van der Waals surface area (Å²) < 4.78 is 5.58. The van der Waals surface area contributed by atoms with E-state index in [1.165, 1.54) is 6.42 Å². The second kappa shape index (κ2) is 5.85. The molecule has 0 spiro atoms. The first-order chi connectivity index (χ1) is 8.61. The van der Waals surface area contributed by atoms with E-state index >= 15 is 0 Å². The molecule has 0 bridgehead atoms. The molecule has 2 rings (SSSR count). The summed E-state index contributed by atoms with van der Waals surface area (Å²) in [5.41, 5.74) is 0. The van der Waals surface area contributed by atoms with Crippen molar-refractivity contribution < 1.29 is 4.42 Å². The molecule has 1 aliphatic rings. The Kier molecular flexibility index (Phi) is 4.40. The van der Waals surface area contributed by atoms with Gasteiger partial charge in [0.1, 0.15) is 5.76 Å². The number of rotatable bonds is 4. The standard InChI is InChI=1S/C14H25N3O/c1-5-15-13-6-7-17(12(4)11(13)3)9-14-16-8-10(2)18-14/h8,11-13,15H,5-7,9H2,1-4H3. The van der Waals surface area contributed by atoms with Crippen LogP contribution in [0.5, 0.6) is 0 Å². The van der Waals surface area contributed by atoms with Gasteiger partial charge in [0.05, 0.1) is 12.7 Å². The third-order valence-corrected chi connectivity index (χ3v) is 4.17. The largest absolute Gasteiger partial charge is 0.445 e. The lowest BCUT2D eigenvalue weighted by Gasteiger charge is -2.42.